The predicted octanol–water partition coefficient (Wildman–Crippen LogP) is 11.7. The van der Waals surface area contributed by atoms with Crippen LogP contribution in [-0.2, 0) is 5.41 Å². The van der Waals surface area contributed by atoms with Crippen molar-refractivity contribution < 1.29 is 0 Å². The van der Waals surface area contributed by atoms with Crippen LogP contribution in [0.3, 0.4) is 0 Å². The summed E-state index contributed by atoms with van der Waals surface area (Å²) in [6.07, 6.45) is 0. The highest BCUT2D eigenvalue weighted by atomic mass is 15.2. The van der Waals surface area contributed by atoms with Gasteiger partial charge in [-0.25, -0.2) is 4.98 Å². The van der Waals surface area contributed by atoms with Crippen molar-refractivity contribution in [3.63, 3.8) is 0 Å². The predicted molar refractivity (Wildman–Crippen MR) is 217 cm³/mol. The number of rotatable bonds is 4. The average molecular weight is 680 g/mol. The van der Waals surface area contributed by atoms with Crippen molar-refractivity contribution in [1.29, 1.82) is 0 Å². The Morgan fingerprint density at radius 3 is 1.64 bits per heavy atom. The van der Waals surface area contributed by atoms with E-state index in [2.05, 4.69) is 169 Å². The second-order valence-corrected chi connectivity index (χ2v) is 14.5. The fraction of sp³-hybridized carbons (Fsp3) is 0.0625. The zero-order valence-electron chi connectivity index (χ0n) is 29.3. The molecule has 0 atom stereocenters. The first kappa shape index (κ1) is 29.8. The Labute approximate surface area is 306 Å². The Kier molecular flexibility index (Phi) is 6.23. The van der Waals surface area contributed by atoms with Crippen LogP contribution in [-0.4, -0.2) is 24.1 Å². The summed E-state index contributed by atoms with van der Waals surface area (Å²) in [7, 11) is 0. The molecule has 1 aliphatic rings. The highest BCUT2D eigenvalue weighted by molar-refractivity contribution is 6.14. The van der Waals surface area contributed by atoms with Crippen molar-refractivity contribution in [2.45, 2.75) is 19.3 Å². The van der Waals surface area contributed by atoms with Crippen LogP contribution in [0.15, 0.2) is 164 Å². The molecule has 0 amide bonds. The van der Waals surface area contributed by atoms with Crippen LogP contribution in [0.5, 0.6) is 0 Å². The van der Waals surface area contributed by atoms with E-state index >= 15 is 0 Å². The number of nitrogens with zero attached hydrogens (tertiary/aromatic N) is 5. The van der Waals surface area contributed by atoms with Gasteiger partial charge >= 0.3 is 0 Å². The van der Waals surface area contributed by atoms with Gasteiger partial charge in [0, 0.05) is 43.8 Å². The van der Waals surface area contributed by atoms with E-state index in [0.717, 1.165) is 27.8 Å². The first-order valence-corrected chi connectivity index (χ1v) is 18.1. The van der Waals surface area contributed by atoms with Gasteiger partial charge in [-0.1, -0.05) is 129 Å². The lowest BCUT2D eigenvalue weighted by Gasteiger charge is -2.22. The molecule has 0 aliphatic heterocycles. The number of hydrogen-bond donors (Lipinski definition) is 0. The number of benzene rings is 7. The SMILES string of the molecule is CC1(C)c2ccccc2-c2ccc3c(c21)c1ccccc1n3-c1ccc(-c2nc(-c3ccccc3)nc(-n3c4ccccc4c4ccccc43)n2)cc1. The summed E-state index contributed by atoms with van der Waals surface area (Å²) in [4.78, 5) is 15.3. The number of aromatic nitrogens is 5. The van der Waals surface area contributed by atoms with Crippen LogP contribution in [0.25, 0.3) is 89.2 Å². The van der Waals surface area contributed by atoms with Gasteiger partial charge in [0.1, 0.15) is 0 Å². The van der Waals surface area contributed by atoms with Crippen molar-refractivity contribution >= 4 is 43.6 Å². The second-order valence-electron chi connectivity index (χ2n) is 14.5. The summed E-state index contributed by atoms with van der Waals surface area (Å²) in [6, 6.07) is 58.0. The van der Waals surface area contributed by atoms with Gasteiger partial charge in [-0.3, -0.25) is 4.57 Å². The molecule has 5 nitrogen and oxygen atoms in total. The molecule has 0 saturated heterocycles. The van der Waals surface area contributed by atoms with E-state index in [0.29, 0.717) is 17.6 Å². The van der Waals surface area contributed by atoms with Crippen LogP contribution in [0.2, 0.25) is 0 Å². The Hall–Kier alpha value is -6.85. The Morgan fingerprint density at radius 1 is 0.415 bits per heavy atom. The summed E-state index contributed by atoms with van der Waals surface area (Å²) < 4.78 is 4.56. The lowest BCUT2D eigenvalue weighted by molar-refractivity contribution is 0.666. The van der Waals surface area contributed by atoms with Crippen LogP contribution in [0.1, 0.15) is 25.0 Å². The first-order valence-electron chi connectivity index (χ1n) is 18.1. The monoisotopic (exact) mass is 679 g/mol. The number of para-hydroxylation sites is 3. The average Bonchev–Trinajstić information content (AvgIpc) is 3.81. The van der Waals surface area contributed by atoms with Crippen molar-refractivity contribution in [2.24, 2.45) is 0 Å². The topological polar surface area (TPSA) is 48.5 Å². The van der Waals surface area contributed by atoms with Gasteiger partial charge in [0.2, 0.25) is 5.95 Å². The van der Waals surface area contributed by atoms with E-state index in [1.165, 1.54) is 54.8 Å². The molecule has 0 spiro atoms. The second kappa shape index (κ2) is 11.1. The minimum Gasteiger partial charge on any atom is -0.309 e. The van der Waals surface area contributed by atoms with Gasteiger partial charge in [-0.2, -0.15) is 9.97 Å². The molecule has 0 fully saturated rings. The van der Waals surface area contributed by atoms with E-state index in [4.69, 9.17) is 15.0 Å². The van der Waals surface area contributed by atoms with E-state index in [1.54, 1.807) is 0 Å². The van der Waals surface area contributed by atoms with Crippen LogP contribution in [0.4, 0.5) is 0 Å². The lowest BCUT2D eigenvalue weighted by Crippen LogP contribution is -2.15. The quantitative estimate of drug-likeness (QED) is 0.186. The molecule has 10 aromatic rings. The molecular formula is C48H33N5. The van der Waals surface area contributed by atoms with Crippen LogP contribution < -0.4 is 0 Å². The summed E-state index contributed by atoms with van der Waals surface area (Å²) in [5.41, 5.74) is 12.8. The molecule has 5 heteroatoms. The third kappa shape index (κ3) is 4.28. The zero-order chi connectivity index (χ0) is 35.3. The van der Waals surface area contributed by atoms with E-state index in [-0.39, 0.29) is 5.41 Å². The van der Waals surface area contributed by atoms with Gasteiger partial charge in [0.25, 0.3) is 0 Å². The largest absolute Gasteiger partial charge is 0.309 e. The van der Waals surface area contributed by atoms with E-state index < -0.39 is 0 Å². The molecule has 0 unspecified atom stereocenters. The molecule has 0 N–H and O–H groups in total. The fourth-order valence-corrected chi connectivity index (χ4v) is 8.82. The summed E-state index contributed by atoms with van der Waals surface area (Å²) in [5, 5.41) is 4.92. The van der Waals surface area contributed by atoms with Crippen molar-refractivity contribution in [1.82, 2.24) is 24.1 Å². The first-order chi connectivity index (χ1) is 26.1. The van der Waals surface area contributed by atoms with Crippen molar-refractivity contribution in [3.05, 3.63) is 175 Å². The normalized spacial score (nSPS) is 13.2. The molecule has 250 valence electrons. The molecule has 3 heterocycles. The Balaban J connectivity index is 1.09. The van der Waals surface area contributed by atoms with E-state index in [1.807, 2.05) is 18.2 Å². The minimum absolute atomic E-state index is 0.118. The van der Waals surface area contributed by atoms with Crippen LogP contribution >= 0.6 is 0 Å². The highest BCUT2D eigenvalue weighted by Gasteiger charge is 2.38. The molecular weight excluding hydrogens is 647 g/mol. The Morgan fingerprint density at radius 2 is 0.962 bits per heavy atom. The summed E-state index contributed by atoms with van der Waals surface area (Å²) in [6.45, 7) is 4.73. The minimum atomic E-state index is -0.118. The van der Waals surface area contributed by atoms with Gasteiger partial charge in [0.15, 0.2) is 11.6 Å². The maximum atomic E-state index is 5.17. The molecule has 7 aromatic carbocycles. The molecule has 0 radical (unpaired) electrons. The molecule has 0 saturated carbocycles. The van der Waals surface area contributed by atoms with Gasteiger partial charge in [-0.05, 0) is 70.8 Å². The molecule has 1 aliphatic carbocycles. The van der Waals surface area contributed by atoms with Gasteiger partial charge in [-0.15, -0.1) is 0 Å². The highest BCUT2D eigenvalue weighted by Crippen LogP contribution is 2.53. The number of fused-ring (bicyclic) bond motifs is 10. The molecule has 0 bridgehead atoms. The maximum Gasteiger partial charge on any atom is 0.238 e. The standard InChI is InChI=1S/C48H33N5/c1-48(2)38-20-10-6-16-33(38)36-28-29-42-43(44(36)48)37-19-9-13-23-41(37)52(42)32-26-24-31(25-27-32)46-49-45(30-14-4-3-5-15-30)50-47(51-46)53-39-21-11-7-17-34(39)35-18-8-12-22-40(35)53/h3-29H,1-2H3. The Bertz CT molecular complexity index is 3020. The fourth-order valence-electron chi connectivity index (χ4n) is 8.82. The van der Waals surface area contributed by atoms with Crippen LogP contribution in [0, 0.1) is 0 Å². The third-order valence-corrected chi connectivity index (χ3v) is 11.2. The third-order valence-electron chi connectivity index (χ3n) is 11.2. The molecule has 53 heavy (non-hydrogen) atoms. The zero-order valence-corrected chi connectivity index (χ0v) is 29.3. The molecule has 3 aromatic heterocycles. The smallest absolute Gasteiger partial charge is 0.238 e. The van der Waals surface area contributed by atoms with Gasteiger partial charge < -0.3 is 4.57 Å². The van der Waals surface area contributed by atoms with Crippen molar-refractivity contribution in [3.8, 4) is 45.5 Å². The molecule has 11 rings (SSSR count). The van der Waals surface area contributed by atoms with E-state index in [9.17, 15) is 0 Å². The van der Waals surface area contributed by atoms with Gasteiger partial charge in [0.05, 0.1) is 22.1 Å². The summed E-state index contributed by atoms with van der Waals surface area (Å²) >= 11 is 0. The number of hydrogen-bond acceptors (Lipinski definition) is 3. The maximum absolute atomic E-state index is 5.17. The summed E-state index contributed by atoms with van der Waals surface area (Å²) in [5.74, 6) is 1.86. The van der Waals surface area contributed by atoms with Crippen molar-refractivity contribution in [2.75, 3.05) is 0 Å². The lowest BCUT2D eigenvalue weighted by atomic mass is 9.80.